The van der Waals surface area contributed by atoms with E-state index in [1.165, 1.54) is 0 Å². The van der Waals surface area contributed by atoms with E-state index in [1.807, 2.05) is 30.3 Å². The highest BCUT2D eigenvalue weighted by Gasteiger charge is 2.03. The second-order valence-corrected chi connectivity index (χ2v) is 3.57. The Morgan fingerprint density at radius 1 is 1.07 bits per heavy atom. The highest BCUT2D eigenvalue weighted by atomic mass is 35.5. The second kappa shape index (κ2) is 3.35. The van der Waals surface area contributed by atoms with Gasteiger partial charge in [0.25, 0.3) is 0 Å². The molecule has 1 aromatic heterocycles. The maximum absolute atomic E-state index is 6.08. The Morgan fingerprint density at radius 2 is 1.79 bits per heavy atom. The maximum atomic E-state index is 6.08. The summed E-state index contributed by atoms with van der Waals surface area (Å²) in [6.07, 6.45) is 0. The van der Waals surface area contributed by atoms with Crippen molar-refractivity contribution in [3.63, 3.8) is 0 Å². The smallest absolute Gasteiger partial charge is 0.0485 e. The van der Waals surface area contributed by atoms with Gasteiger partial charge in [-0.05, 0) is 12.1 Å². The Balaban J connectivity index is 2.72. The Bertz CT molecular complexity index is 554. The van der Waals surface area contributed by atoms with Crippen LogP contribution in [-0.4, -0.2) is 4.98 Å². The molecule has 0 amide bonds. The molecule has 0 saturated carbocycles. The molecule has 0 unspecified atom stereocenters. The fraction of sp³-hybridized carbons (Fsp3) is 0. The highest BCUT2D eigenvalue weighted by Crippen LogP contribution is 2.23. The van der Waals surface area contributed by atoms with Crippen LogP contribution in [0, 0.1) is 0 Å². The van der Waals surface area contributed by atoms with Gasteiger partial charge in [-0.15, -0.1) is 0 Å². The molecule has 0 aliphatic heterocycles. The van der Waals surface area contributed by atoms with Gasteiger partial charge in [0.2, 0.25) is 0 Å². The van der Waals surface area contributed by atoms with E-state index < -0.39 is 0 Å². The Hall–Kier alpha value is -1.47. The summed E-state index contributed by atoms with van der Waals surface area (Å²) in [5.41, 5.74) is 2.01. The van der Waals surface area contributed by atoms with Gasteiger partial charge < -0.3 is 4.98 Å². The van der Waals surface area contributed by atoms with Gasteiger partial charge in [0.1, 0.15) is 0 Å². The van der Waals surface area contributed by atoms with E-state index in [-0.39, 0.29) is 0 Å². The normalized spacial score (nSPS) is 10.4. The van der Waals surface area contributed by atoms with Gasteiger partial charge in [0.15, 0.2) is 0 Å². The summed E-state index contributed by atoms with van der Waals surface area (Å²) < 4.78 is 0. The summed E-state index contributed by atoms with van der Waals surface area (Å²) in [4.78, 5) is 3.05. The molecule has 2 heteroatoms. The molecule has 1 N–H and O–H groups in total. The quantitative estimate of drug-likeness (QED) is 0.731. The molecule has 0 bridgehead atoms. The summed E-state index contributed by atoms with van der Waals surface area (Å²) in [5.74, 6) is 0. The molecule has 70 valence electrons. The largest absolute Gasteiger partial charge is 0.356 e. The number of rotatable bonds is 1. The van der Waals surface area contributed by atoms with Crippen LogP contribution in [0.4, 0.5) is 0 Å². The monoisotopic (exact) mass is 203 g/mol. The number of nitrogens with one attached hydrogen (secondary N) is 1. The van der Waals surface area contributed by atoms with Gasteiger partial charge in [-0.3, -0.25) is 0 Å². The minimum atomic E-state index is 0.733. The average Bonchev–Trinajstić information content (AvgIpc) is 2.46. The number of aromatic nitrogens is 1. The van der Waals surface area contributed by atoms with Crippen LogP contribution >= 0.6 is 11.6 Å². The first-order chi connectivity index (χ1) is 6.68. The molecule has 0 aliphatic rings. The van der Waals surface area contributed by atoms with E-state index in [0.717, 1.165) is 26.8 Å². The molecule has 2 rings (SSSR count). The third-order valence-electron chi connectivity index (χ3n) is 2.12. The molecule has 14 heavy (non-hydrogen) atoms. The van der Waals surface area contributed by atoms with Gasteiger partial charge in [0, 0.05) is 26.8 Å². The Labute approximate surface area is 87.4 Å². The lowest BCUT2D eigenvalue weighted by Gasteiger charge is -1.99. The molecule has 0 saturated heterocycles. The van der Waals surface area contributed by atoms with Crippen LogP contribution in [-0.2, 0) is 0 Å². The Morgan fingerprint density at radius 3 is 2.36 bits per heavy atom. The molecule has 0 spiro atoms. The summed E-state index contributed by atoms with van der Waals surface area (Å²) in [6.45, 7) is 7.72. The van der Waals surface area contributed by atoms with Crippen LogP contribution in [0.25, 0.3) is 24.3 Å². The third-order valence-corrected chi connectivity index (χ3v) is 2.45. The zero-order chi connectivity index (χ0) is 10.1. The van der Waals surface area contributed by atoms with Crippen molar-refractivity contribution in [1.29, 1.82) is 0 Å². The number of aromatic amines is 1. The maximum Gasteiger partial charge on any atom is 0.0485 e. The molecule has 0 atom stereocenters. The van der Waals surface area contributed by atoms with Crippen molar-refractivity contribution < 1.29 is 0 Å². The molecule has 0 fully saturated rings. The number of halogens is 1. The molecule has 1 heterocycles. The lowest BCUT2D eigenvalue weighted by atomic mass is 10.1. The molecular formula is C12H10ClN. The number of H-pyrrole nitrogens is 1. The number of hydrogen-bond acceptors (Lipinski definition) is 0. The second-order valence-electron chi connectivity index (χ2n) is 3.17. The average molecular weight is 204 g/mol. The SMILES string of the molecule is C=c1cc(-c2ccccc2Cl)c(=C)[nH]1. The first kappa shape index (κ1) is 9.10. The van der Waals surface area contributed by atoms with Gasteiger partial charge in [-0.25, -0.2) is 0 Å². The predicted octanol–water partition coefficient (Wildman–Crippen LogP) is 2.16. The van der Waals surface area contributed by atoms with Crippen LogP contribution < -0.4 is 10.7 Å². The molecule has 0 radical (unpaired) electrons. The van der Waals surface area contributed by atoms with Crippen molar-refractivity contribution in [3.8, 4) is 11.1 Å². The van der Waals surface area contributed by atoms with E-state index in [1.54, 1.807) is 0 Å². The highest BCUT2D eigenvalue weighted by molar-refractivity contribution is 6.33. The van der Waals surface area contributed by atoms with E-state index in [2.05, 4.69) is 18.1 Å². The van der Waals surface area contributed by atoms with Crippen molar-refractivity contribution >= 4 is 24.8 Å². The minimum absolute atomic E-state index is 0.733. The van der Waals surface area contributed by atoms with Crippen molar-refractivity contribution in [2.24, 2.45) is 0 Å². The van der Waals surface area contributed by atoms with Gasteiger partial charge in [-0.1, -0.05) is 43.0 Å². The summed E-state index contributed by atoms with van der Waals surface area (Å²) in [5, 5.41) is 2.43. The van der Waals surface area contributed by atoms with Crippen molar-refractivity contribution in [1.82, 2.24) is 4.98 Å². The standard InChI is InChI=1S/C12H10ClN/c1-8-7-11(9(2)14-8)10-5-3-4-6-12(10)13/h3-7,14H,1-2H2. The van der Waals surface area contributed by atoms with E-state index in [9.17, 15) is 0 Å². The Kier molecular flexibility index (Phi) is 2.18. The topological polar surface area (TPSA) is 15.8 Å². The van der Waals surface area contributed by atoms with Gasteiger partial charge >= 0.3 is 0 Å². The fourth-order valence-corrected chi connectivity index (χ4v) is 1.72. The molecule has 1 nitrogen and oxygen atoms in total. The van der Waals surface area contributed by atoms with Crippen LogP contribution in [0.3, 0.4) is 0 Å². The predicted molar refractivity (Wildman–Crippen MR) is 61.5 cm³/mol. The first-order valence-electron chi connectivity index (χ1n) is 4.30. The third kappa shape index (κ3) is 1.47. The van der Waals surface area contributed by atoms with Crippen LogP contribution in [0.5, 0.6) is 0 Å². The zero-order valence-corrected chi connectivity index (χ0v) is 8.43. The van der Waals surface area contributed by atoms with E-state index in [4.69, 9.17) is 11.6 Å². The van der Waals surface area contributed by atoms with Crippen LogP contribution in [0.1, 0.15) is 0 Å². The van der Waals surface area contributed by atoms with Crippen LogP contribution in [0.2, 0.25) is 5.02 Å². The van der Waals surface area contributed by atoms with Crippen molar-refractivity contribution in [3.05, 3.63) is 46.1 Å². The number of benzene rings is 1. The van der Waals surface area contributed by atoms with Gasteiger partial charge in [0.05, 0.1) is 0 Å². The first-order valence-corrected chi connectivity index (χ1v) is 4.68. The number of hydrogen-bond donors (Lipinski definition) is 1. The van der Waals surface area contributed by atoms with Crippen LogP contribution in [0.15, 0.2) is 30.3 Å². The summed E-state index contributed by atoms with van der Waals surface area (Å²) >= 11 is 6.08. The van der Waals surface area contributed by atoms with E-state index in [0.29, 0.717) is 0 Å². The summed E-state index contributed by atoms with van der Waals surface area (Å²) in [7, 11) is 0. The molecular weight excluding hydrogens is 194 g/mol. The zero-order valence-electron chi connectivity index (χ0n) is 7.68. The van der Waals surface area contributed by atoms with Gasteiger partial charge in [-0.2, -0.15) is 0 Å². The molecule has 2 aromatic rings. The van der Waals surface area contributed by atoms with Crippen molar-refractivity contribution in [2.45, 2.75) is 0 Å². The fourth-order valence-electron chi connectivity index (χ4n) is 1.48. The lowest BCUT2D eigenvalue weighted by molar-refractivity contribution is 1.29. The minimum Gasteiger partial charge on any atom is -0.356 e. The lowest BCUT2D eigenvalue weighted by Crippen LogP contribution is -2.06. The van der Waals surface area contributed by atoms with Crippen molar-refractivity contribution in [2.75, 3.05) is 0 Å². The summed E-state index contributed by atoms with van der Waals surface area (Å²) in [6, 6.07) is 9.65. The van der Waals surface area contributed by atoms with E-state index >= 15 is 0 Å². The molecule has 1 aromatic carbocycles. The molecule has 0 aliphatic carbocycles.